The van der Waals surface area contributed by atoms with Crippen LogP contribution in [0.15, 0.2) is 12.2 Å². The van der Waals surface area contributed by atoms with E-state index >= 15 is 0 Å². The van der Waals surface area contributed by atoms with Crippen molar-refractivity contribution < 1.29 is 19.4 Å². The summed E-state index contributed by atoms with van der Waals surface area (Å²) in [7, 11) is 0. The van der Waals surface area contributed by atoms with E-state index in [2.05, 4.69) is 13.5 Å². The zero-order valence-electron chi connectivity index (χ0n) is 10.9. The topological polar surface area (TPSA) is 55.8 Å². The fourth-order valence-corrected chi connectivity index (χ4v) is 1.23. The lowest BCUT2D eigenvalue weighted by atomic mass is 10.2. The summed E-state index contributed by atoms with van der Waals surface area (Å²) in [5, 5.41) is 9.39. The first-order valence-electron chi connectivity index (χ1n) is 6.20. The first kappa shape index (κ1) is 16.1. The third kappa shape index (κ3) is 10.0. The van der Waals surface area contributed by atoms with Crippen LogP contribution in [-0.4, -0.2) is 30.6 Å². The molecular formula is C13H24O4. The van der Waals surface area contributed by atoms with Gasteiger partial charge in [-0.15, -0.1) is 0 Å². The third-order valence-electron chi connectivity index (χ3n) is 2.18. The first-order valence-corrected chi connectivity index (χ1v) is 6.20. The van der Waals surface area contributed by atoms with Gasteiger partial charge in [0.15, 0.2) is 0 Å². The Bertz CT molecular complexity index is 225. The number of carbonyl (C=O) groups is 1. The van der Waals surface area contributed by atoms with Gasteiger partial charge in [0.1, 0.15) is 0 Å². The minimum atomic E-state index is -1.02. The highest BCUT2D eigenvalue weighted by atomic mass is 16.6. The van der Waals surface area contributed by atoms with Crippen LogP contribution in [0.25, 0.3) is 0 Å². The van der Waals surface area contributed by atoms with E-state index < -0.39 is 12.3 Å². The van der Waals surface area contributed by atoms with Crippen molar-refractivity contribution in [2.24, 2.45) is 0 Å². The van der Waals surface area contributed by atoms with Gasteiger partial charge in [0.2, 0.25) is 6.29 Å². The Hall–Kier alpha value is -0.870. The highest BCUT2D eigenvalue weighted by Gasteiger charge is 2.10. The van der Waals surface area contributed by atoms with Gasteiger partial charge in [-0.3, -0.25) is 0 Å². The largest absolute Gasteiger partial charge is 0.433 e. The quantitative estimate of drug-likeness (QED) is 0.277. The van der Waals surface area contributed by atoms with Crippen molar-refractivity contribution in [3.05, 3.63) is 12.2 Å². The molecule has 0 rings (SSSR count). The first-order chi connectivity index (χ1) is 8.07. The number of unbranched alkanes of at least 4 members (excludes halogenated alkanes) is 2. The summed E-state index contributed by atoms with van der Waals surface area (Å²) >= 11 is 0. The van der Waals surface area contributed by atoms with E-state index in [0.29, 0.717) is 12.0 Å². The van der Waals surface area contributed by atoms with E-state index in [9.17, 15) is 9.90 Å². The number of rotatable bonds is 10. The smallest absolute Gasteiger partial charge is 0.335 e. The highest BCUT2D eigenvalue weighted by molar-refractivity contribution is 5.86. The molecule has 0 radical (unpaired) electrons. The zero-order chi connectivity index (χ0) is 13.1. The van der Waals surface area contributed by atoms with E-state index in [1.54, 1.807) is 6.92 Å². The Kier molecular flexibility index (Phi) is 9.77. The van der Waals surface area contributed by atoms with Crippen LogP contribution in [0.2, 0.25) is 0 Å². The maximum absolute atomic E-state index is 11.1. The standard InChI is InChI=1S/C13H24O4/c1-4-9-16-10-7-5-6-8-12(14)17-13(15)11(2)3/h12,14H,2,4-10H2,1,3H3. The molecule has 1 N–H and O–H groups in total. The number of carbonyl (C=O) groups excluding carboxylic acids is 1. The molecule has 0 saturated carbocycles. The third-order valence-corrected chi connectivity index (χ3v) is 2.18. The molecule has 4 heteroatoms. The van der Waals surface area contributed by atoms with E-state index in [0.717, 1.165) is 38.9 Å². The van der Waals surface area contributed by atoms with Crippen molar-refractivity contribution in [2.45, 2.75) is 52.2 Å². The molecule has 0 aliphatic rings. The molecule has 0 aliphatic heterocycles. The molecule has 0 aromatic carbocycles. The summed E-state index contributed by atoms with van der Waals surface area (Å²) in [4.78, 5) is 11.1. The van der Waals surface area contributed by atoms with Crippen molar-refractivity contribution in [1.82, 2.24) is 0 Å². The minimum absolute atomic E-state index is 0.303. The van der Waals surface area contributed by atoms with Gasteiger partial charge in [0.25, 0.3) is 0 Å². The molecule has 0 spiro atoms. The van der Waals surface area contributed by atoms with Crippen molar-refractivity contribution in [2.75, 3.05) is 13.2 Å². The van der Waals surface area contributed by atoms with Gasteiger partial charge < -0.3 is 14.6 Å². The number of hydrogen-bond donors (Lipinski definition) is 1. The molecule has 0 fully saturated rings. The molecule has 1 unspecified atom stereocenters. The summed E-state index contributed by atoms with van der Waals surface area (Å²) in [6.45, 7) is 8.64. The number of aliphatic hydroxyl groups excluding tert-OH is 1. The van der Waals surface area contributed by atoms with Gasteiger partial charge in [-0.2, -0.15) is 0 Å². The lowest BCUT2D eigenvalue weighted by molar-refractivity contribution is -0.163. The molecule has 17 heavy (non-hydrogen) atoms. The number of esters is 1. The minimum Gasteiger partial charge on any atom is -0.433 e. The van der Waals surface area contributed by atoms with Crippen LogP contribution < -0.4 is 0 Å². The predicted octanol–water partition coefficient (Wildman–Crippen LogP) is 2.41. The fraction of sp³-hybridized carbons (Fsp3) is 0.769. The normalized spacial score (nSPS) is 12.2. The van der Waals surface area contributed by atoms with E-state index in [1.807, 2.05) is 0 Å². The van der Waals surface area contributed by atoms with Crippen LogP contribution in [-0.2, 0) is 14.3 Å². The van der Waals surface area contributed by atoms with Gasteiger partial charge in [-0.1, -0.05) is 19.9 Å². The second-order valence-corrected chi connectivity index (χ2v) is 4.10. The molecule has 0 aromatic rings. The summed E-state index contributed by atoms with van der Waals surface area (Å²) in [6, 6.07) is 0. The van der Waals surface area contributed by atoms with Crippen LogP contribution in [0.5, 0.6) is 0 Å². The van der Waals surface area contributed by atoms with Crippen molar-refractivity contribution >= 4 is 5.97 Å². The maximum atomic E-state index is 11.1. The molecule has 100 valence electrons. The number of aliphatic hydroxyl groups is 1. The molecule has 0 heterocycles. The average molecular weight is 244 g/mol. The van der Waals surface area contributed by atoms with Crippen LogP contribution in [0.1, 0.15) is 46.0 Å². The van der Waals surface area contributed by atoms with Crippen LogP contribution in [0.4, 0.5) is 0 Å². The lowest BCUT2D eigenvalue weighted by Gasteiger charge is -2.11. The van der Waals surface area contributed by atoms with E-state index in [1.165, 1.54) is 0 Å². The molecule has 0 amide bonds. The van der Waals surface area contributed by atoms with E-state index in [4.69, 9.17) is 9.47 Å². The summed E-state index contributed by atoms with van der Waals surface area (Å²) in [5.74, 6) is -0.538. The fourth-order valence-electron chi connectivity index (χ4n) is 1.23. The van der Waals surface area contributed by atoms with Gasteiger partial charge in [0, 0.05) is 25.2 Å². The second kappa shape index (κ2) is 10.3. The Morgan fingerprint density at radius 2 is 2.00 bits per heavy atom. The molecule has 1 atom stereocenters. The Morgan fingerprint density at radius 1 is 1.29 bits per heavy atom. The molecular weight excluding hydrogens is 220 g/mol. The molecule has 0 aromatic heterocycles. The SMILES string of the molecule is C=C(C)C(=O)OC(O)CCCCCOCCC. The summed E-state index contributed by atoms with van der Waals surface area (Å²) in [5.41, 5.74) is 0.303. The Labute approximate surface area is 104 Å². The molecule has 4 nitrogen and oxygen atoms in total. The highest BCUT2D eigenvalue weighted by Crippen LogP contribution is 2.07. The van der Waals surface area contributed by atoms with E-state index in [-0.39, 0.29) is 0 Å². The molecule has 0 bridgehead atoms. The zero-order valence-corrected chi connectivity index (χ0v) is 10.9. The van der Waals surface area contributed by atoms with Crippen molar-refractivity contribution in [3.63, 3.8) is 0 Å². The molecule has 0 saturated heterocycles. The van der Waals surface area contributed by atoms with Crippen LogP contribution in [0.3, 0.4) is 0 Å². The van der Waals surface area contributed by atoms with Crippen molar-refractivity contribution in [1.29, 1.82) is 0 Å². The summed E-state index contributed by atoms with van der Waals surface area (Å²) in [6.07, 6.45) is 3.24. The number of hydrogen-bond acceptors (Lipinski definition) is 4. The van der Waals surface area contributed by atoms with Gasteiger partial charge in [-0.25, -0.2) is 4.79 Å². The summed E-state index contributed by atoms with van der Waals surface area (Å²) < 4.78 is 10.1. The van der Waals surface area contributed by atoms with Gasteiger partial charge in [-0.05, 0) is 26.2 Å². The monoisotopic (exact) mass is 244 g/mol. The second-order valence-electron chi connectivity index (χ2n) is 4.10. The van der Waals surface area contributed by atoms with Gasteiger partial charge in [0.05, 0.1) is 0 Å². The van der Waals surface area contributed by atoms with Crippen LogP contribution in [0, 0.1) is 0 Å². The van der Waals surface area contributed by atoms with Crippen molar-refractivity contribution in [3.8, 4) is 0 Å². The van der Waals surface area contributed by atoms with Crippen LogP contribution >= 0.6 is 0 Å². The molecule has 0 aliphatic carbocycles. The lowest BCUT2D eigenvalue weighted by Crippen LogP contribution is -2.17. The Balaban J connectivity index is 3.36. The number of ether oxygens (including phenoxy) is 2. The predicted molar refractivity (Wildman–Crippen MR) is 66.5 cm³/mol. The average Bonchev–Trinajstić information content (AvgIpc) is 2.27. The maximum Gasteiger partial charge on any atom is 0.335 e. The Morgan fingerprint density at radius 3 is 2.59 bits per heavy atom. The van der Waals surface area contributed by atoms with Gasteiger partial charge >= 0.3 is 5.97 Å².